The number of benzene rings is 1. The van der Waals surface area contributed by atoms with E-state index in [0.717, 1.165) is 10.5 Å². The van der Waals surface area contributed by atoms with Gasteiger partial charge >= 0.3 is 0 Å². The molecule has 8 amide bonds. The van der Waals surface area contributed by atoms with Crippen molar-refractivity contribution < 1.29 is 43.1 Å². The van der Waals surface area contributed by atoms with Crippen molar-refractivity contribution in [2.45, 2.75) is 39.2 Å². The van der Waals surface area contributed by atoms with Crippen LogP contribution in [0.2, 0.25) is 0 Å². The van der Waals surface area contributed by atoms with Crippen LogP contribution in [0.25, 0.3) is 0 Å². The Morgan fingerprint density at radius 2 is 1.53 bits per heavy atom. The topological polar surface area (TPSA) is 248 Å². The van der Waals surface area contributed by atoms with Crippen LogP contribution >= 0.6 is 0 Å². The van der Waals surface area contributed by atoms with Gasteiger partial charge in [0.2, 0.25) is 47.3 Å². The minimum atomic E-state index is -1.09. The summed E-state index contributed by atoms with van der Waals surface area (Å²) in [6.45, 7) is 1.69. The van der Waals surface area contributed by atoms with Crippen molar-refractivity contribution in [3.63, 3.8) is 0 Å². The summed E-state index contributed by atoms with van der Waals surface area (Å²) in [5.74, 6) is -4.85. The lowest BCUT2D eigenvalue weighted by molar-refractivity contribution is -0.131. The summed E-state index contributed by atoms with van der Waals surface area (Å²) < 4.78 is 4.83. The molecule has 3 rings (SSSR count). The molecule has 49 heavy (non-hydrogen) atoms. The lowest BCUT2D eigenvalue weighted by Crippen LogP contribution is -2.52. The highest BCUT2D eigenvalue weighted by Gasteiger charge is 2.41. The highest BCUT2D eigenvalue weighted by atomic mass is 16.5. The average molecular weight is 681 g/mol. The number of ether oxygens (including phenoxy) is 1. The van der Waals surface area contributed by atoms with Gasteiger partial charge in [0.1, 0.15) is 19.4 Å². The smallest absolute Gasteiger partial charge is 0.243 e. The van der Waals surface area contributed by atoms with Gasteiger partial charge in [0.15, 0.2) is 0 Å². The van der Waals surface area contributed by atoms with Crippen molar-refractivity contribution in [1.29, 1.82) is 0 Å². The first-order valence-corrected chi connectivity index (χ1v) is 15.4. The summed E-state index contributed by atoms with van der Waals surface area (Å²) in [7, 11) is 0. The number of nitrogens with zero attached hydrogens (tertiary/aromatic N) is 2. The van der Waals surface area contributed by atoms with Gasteiger partial charge in [-0.05, 0) is 23.6 Å². The fraction of sp³-hybridized carbons (Fsp3) is 0.406. The second-order valence-corrected chi connectivity index (χ2v) is 11.4. The van der Waals surface area contributed by atoms with Crippen molar-refractivity contribution in [3.05, 3.63) is 59.9 Å². The lowest BCUT2D eigenvalue weighted by atomic mass is 9.94. The Morgan fingerprint density at radius 1 is 0.878 bits per heavy atom. The minimum Gasteiger partial charge on any atom is -0.368 e. The first kappa shape index (κ1) is 37.7. The Balaban J connectivity index is 1.43. The van der Waals surface area contributed by atoms with E-state index in [1.807, 2.05) is 13.8 Å². The molecule has 17 nitrogen and oxygen atoms in total. The van der Waals surface area contributed by atoms with Crippen LogP contribution in [0, 0.1) is 11.8 Å². The van der Waals surface area contributed by atoms with Crippen LogP contribution in [0.15, 0.2) is 48.7 Å². The number of imide groups is 1. The Morgan fingerprint density at radius 3 is 2.16 bits per heavy atom. The number of carbonyl (C=O) groups excluding carboxylic acids is 8. The predicted molar refractivity (Wildman–Crippen MR) is 173 cm³/mol. The lowest BCUT2D eigenvalue weighted by Gasteiger charge is -2.19. The zero-order chi connectivity index (χ0) is 35.9. The van der Waals surface area contributed by atoms with E-state index in [-0.39, 0.29) is 56.3 Å². The van der Waals surface area contributed by atoms with Crippen LogP contribution in [-0.2, 0) is 55.9 Å². The molecule has 7 N–H and O–H groups in total. The van der Waals surface area contributed by atoms with Crippen LogP contribution in [0.1, 0.15) is 31.5 Å². The summed E-state index contributed by atoms with van der Waals surface area (Å²) in [5, 5.41) is 12.1. The van der Waals surface area contributed by atoms with E-state index in [1.165, 1.54) is 18.3 Å². The van der Waals surface area contributed by atoms with Crippen LogP contribution in [0.4, 0.5) is 5.69 Å². The summed E-state index contributed by atoms with van der Waals surface area (Å²) in [4.78, 5) is 103. The van der Waals surface area contributed by atoms with Crippen LogP contribution in [0.3, 0.4) is 0 Å². The average Bonchev–Trinajstić information content (AvgIpc) is 3.37. The molecule has 2 heterocycles. The number of anilines is 1. The molecular weight excluding hydrogens is 640 g/mol. The second kappa shape index (κ2) is 18.6. The van der Waals surface area contributed by atoms with E-state index >= 15 is 0 Å². The van der Waals surface area contributed by atoms with E-state index in [4.69, 9.17) is 10.5 Å². The largest absolute Gasteiger partial charge is 0.368 e. The molecule has 2 aromatic rings. The first-order chi connectivity index (χ1) is 23.3. The monoisotopic (exact) mass is 680 g/mol. The molecule has 1 aliphatic rings. The summed E-state index contributed by atoms with van der Waals surface area (Å²) in [6.07, 6.45) is 1.38. The van der Waals surface area contributed by atoms with Gasteiger partial charge in [-0.2, -0.15) is 0 Å². The summed E-state index contributed by atoms with van der Waals surface area (Å²) in [6, 6.07) is 10.7. The van der Waals surface area contributed by atoms with Gasteiger partial charge < -0.3 is 37.1 Å². The molecule has 0 spiro atoms. The second-order valence-electron chi connectivity index (χ2n) is 11.4. The molecule has 1 aromatic heterocycles. The van der Waals surface area contributed by atoms with Crippen LogP contribution < -0.4 is 37.2 Å². The molecule has 1 aliphatic heterocycles. The molecule has 2 atom stereocenters. The van der Waals surface area contributed by atoms with E-state index in [9.17, 15) is 38.4 Å². The Hall–Kier alpha value is -5.71. The van der Waals surface area contributed by atoms with Gasteiger partial charge in [-0.3, -0.25) is 43.3 Å². The molecule has 0 aliphatic carbocycles. The number of pyridine rings is 1. The Bertz CT molecular complexity index is 1530. The highest BCUT2D eigenvalue weighted by molar-refractivity contribution is 6.20. The Labute approximate surface area is 282 Å². The molecule has 1 unspecified atom stereocenters. The maximum absolute atomic E-state index is 12.9. The van der Waals surface area contributed by atoms with Gasteiger partial charge in [0, 0.05) is 18.5 Å². The molecule has 1 saturated heterocycles. The minimum absolute atomic E-state index is 0.0170. The molecule has 1 aromatic carbocycles. The summed E-state index contributed by atoms with van der Waals surface area (Å²) in [5.41, 5.74) is 6.33. The number of primary amides is 1. The van der Waals surface area contributed by atoms with Crippen molar-refractivity contribution in [1.82, 2.24) is 31.6 Å². The molecule has 0 saturated carbocycles. The van der Waals surface area contributed by atoms with Crippen LogP contribution in [0.5, 0.6) is 0 Å². The van der Waals surface area contributed by atoms with E-state index < -0.39 is 61.1 Å². The van der Waals surface area contributed by atoms with E-state index in [1.54, 1.807) is 30.3 Å². The third-order valence-electron chi connectivity index (χ3n) is 7.26. The van der Waals surface area contributed by atoms with Crippen molar-refractivity contribution in [3.8, 4) is 0 Å². The number of nitrogens with one attached hydrogen (secondary N) is 5. The predicted octanol–water partition coefficient (Wildman–Crippen LogP) is -2.19. The van der Waals surface area contributed by atoms with Gasteiger partial charge in [0.25, 0.3) is 0 Å². The fourth-order valence-corrected chi connectivity index (χ4v) is 4.69. The van der Waals surface area contributed by atoms with Crippen molar-refractivity contribution in [2.24, 2.45) is 17.6 Å². The standard InChI is InChI=1S/C32H40N8O9/c1-19(2)23-12-30(46)40(32(23)48)22-9-8-21(34-13-22)11-26(42)35-14-27(43)36-16-29(45)39-24(10-20-6-4-3-5-7-20)31(47)37-15-28(44)38-18-49-17-25(33)41/h3-9,13,19,23-24H,10-12,14-18H2,1-2H3,(H2,33,41)(H,35,42)(H,36,43)(H,37,47)(H,38,44)(H,39,45)/t23?,24-/m0/s1. The number of carbonyl (C=O) groups is 8. The molecule has 262 valence electrons. The van der Waals surface area contributed by atoms with Gasteiger partial charge in [0.05, 0.1) is 43.9 Å². The number of hydrogen-bond donors (Lipinski definition) is 6. The zero-order valence-corrected chi connectivity index (χ0v) is 27.2. The van der Waals surface area contributed by atoms with Crippen LogP contribution in [-0.4, -0.2) is 91.3 Å². The SMILES string of the molecule is CC(C)C1CC(=O)N(c2ccc(CC(=O)NCC(=O)NCC(=O)N[C@@H](Cc3ccccc3)C(=O)NCC(=O)NCOCC(N)=O)nc2)C1=O. The first-order valence-electron chi connectivity index (χ1n) is 15.4. The number of amides is 8. The number of nitrogens with two attached hydrogens (primary N) is 1. The van der Waals surface area contributed by atoms with Crippen molar-refractivity contribution >= 4 is 52.9 Å². The molecule has 0 radical (unpaired) electrons. The number of rotatable bonds is 18. The van der Waals surface area contributed by atoms with E-state index in [0.29, 0.717) is 11.4 Å². The maximum atomic E-state index is 12.9. The molecular formula is C32H40N8O9. The normalized spacial score (nSPS) is 14.6. The van der Waals surface area contributed by atoms with Gasteiger partial charge in [-0.25, -0.2) is 4.90 Å². The van der Waals surface area contributed by atoms with Crippen molar-refractivity contribution in [2.75, 3.05) is 37.9 Å². The highest BCUT2D eigenvalue weighted by Crippen LogP contribution is 2.30. The molecule has 0 bridgehead atoms. The van der Waals surface area contributed by atoms with Gasteiger partial charge in [-0.1, -0.05) is 44.2 Å². The molecule has 1 fully saturated rings. The van der Waals surface area contributed by atoms with E-state index in [2.05, 4.69) is 31.6 Å². The zero-order valence-electron chi connectivity index (χ0n) is 27.2. The Kier molecular flexibility index (Phi) is 14.3. The fourth-order valence-electron chi connectivity index (χ4n) is 4.69. The third kappa shape index (κ3) is 12.4. The quantitative estimate of drug-likeness (QED) is 0.0564. The third-order valence-corrected chi connectivity index (χ3v) is 7.26. The maximum Gasteiger partial charge on any atom is 0.243 e. The number of aromatic nitrogens is 1. The summed E-state index contributed by atoms with van der Waals surface area (Å²) >= 11 is 0. The molecule has 17 heteroatoms. The number of hydrogen-bond acceptors (Lipinski definition) is 10. The van der Waals surface area contributed by atoms with Gasteiger partial charge in [-0.15, -0.1) is 0 Å².